The lowest BCUT2D eigenvalue weighted by molar-refractivity contribution is 0.252. The van der Waals surface area contributed by atoms with Crippen molar-refractivity contribution in [3.05, 3.63) is 36.4 Å². The molecule has 0 unspecified atom stereocenters. The zero-order valence-electron chi connectivity index (χ0n) is 7.88. The second-order valence-corrected chi connectivity index (χ2v) is 2.92. The second-order valence-electron chi connectivity index (χ2n) is 2.92. The van der Waals surface area contributed by atoms with Crippen LogP contribution in [0.15, 0.2) is 34.9 Å². The molecule has 2 rings (SSSR count). The van der Waals surface area contributed by atoms with Crippen molar-refractivity contribution >= 4 is 5.82 Å². The Morgan fingerprint density at radius 2 is 2.20 bits per heavy atom. The van der Waals surface area contributed by atoms with Gasteiger partial charge in [0, 0.05) is 0 Å². The number of rotatable bonds is 3. The van der Waals surface area contributed by atoms with Crippen molar-refractivity contribution in [1.29, 1.82) is 0 Å². The number of hydrogen-bond donors (Lipinski definition) is 2. The summed E-state index contributed by atoms with van der Waals surface area (Å²) in [5.41, 5.74) is 5.37. The second kappa shape index (κ2) is 3.91. The minimum atomic E-state index is 0.0806. The summed E-state index contributed by atoms with van der Waals surface area (Å²) in [6.45, 7) is 0.134. The van der Waals surface area contributed by atoms with E-state index in [-0.39, 0.29) is 12.4 Å². The number of phenols is 1. The van der Waals surface area contributed by atoms with E-state index in [0.29, 0.717) is 17.5 Å². The zero-order valence-corrected chi connectivity index (χ0v) is 7.88. The van der Waals surface area contributed by atoms with E-state index in [1.807, 2.05) is 0 Å². The van der Waals surface area contributed by atoms with Gasteiger partial charge in [-0.25, -0.2) is 0 Å². The van der Waals surface area contributed by atoms with Gasteiger partial charge < -0.3 is 20.0 Å². The minimum absolute atomic E-state index is 0.0806. The van der Waals surface area contributed by atoms with E-state index in [1.54, 1.807) is 24.3 Å². The van der Waals surface area contributed by atoms with Gasteiger partial charge >= 0.3 is 0 Å². The number of aromatic nitrogens is 1. The molecule has 1 aromatic heterocycles. The highest BCUT2D eigenvalue weighted by Crippen LogP contribution is 2.25. The van der Waals surface area contributed by atoms with E-state index in [0.717, 1.165) is 0 Å². The molecule has 0 radical (unpaired) electrons. The molecular formula is C10H10N2O3. The number of ether oxygens (including phenoxy) is 1. The van der Waals surface area contributed by atoms with Gasteiger partial charge in [-0.2, -0.15) is 4.98 Å². The number of nitrogens with two attached hydrogens (primary N) is 1. The molecule has 0 amide bonds. The van der Waals surface area contributed by atoms with E-state index < -0.39 is 0 Å². The molecule has 15 heavy (non-hydrogen) atoms. The first kappa shape index (κ1) is 9.39. The number of phenolic OH excluding ortho intramolecular Hbond substituents is 1. The summed E-state index contributed by atoms with van der Waals surface area (Å²) in [4.78, 5) is 3.86. The maximum absolute atomic E-state index is 9.39. The molecule has 0 aliphatic carbocycles. The van der Waals surface area contributed by atoms with Gasteiger partial charge in [0.25, 0.3) is 0 Å². The Morgan fingerprint density at radius 3 is 2.87 bits per heavy atom. The molecule has 1 aromatic carbocycles. The fraction of sp³-hybridized carbons (Fsp3) is 0.100. The van der Waals surface area contributed by atoms with E-state index in [2.05, 4.69) is 4.98 Å². The quantitative estimate of drug-likeness (QED) is 0.796. The van der Waals surface area contributed by atoms with Crippen LogP contribution >= 0.6 is 0 Å². The van der Waals surface area contributed by atoms with Crippen molar-refractivity contribution in [2.45, 2.75) is 6.61 Å². The Bertz CT molecular complexity index is 453. The van der Waals surface area contributed by atoms with E-state index >= 15 is 0 Å². The van der Waals surface area contributed by atoms with Crippen molar-refractivity contribution < 1.29 is 14.3 Å². The normalized spacial score (nSPS) is 10.1. The lowest BCUT2D eigenvalue weighted by atomic mass is 10.3. The Kier molecular flexibility index (Phi) is 2.45. The molecule has 5 nitrogen and oxygen atoms in total. The van der Waals surface area contributed by atoms with Crippen LogP contribution in [0.3, 0.4) is 0 Å². The molecule has 0 aliphatic heterocycles. The maximum Gasteiger partial charge on any atom is 0.234 e. The summed E-state index contributed by atoms with van der Waals surface area (Å²) in [6, 6.07) is 6.67. The number of aromatic hydroxyl groups is 1. The predicted molar refractivity (Wildman–Crippen MR) is 53.4 cm³/mol. The third-order valence-electron chi connectivity index (χ3n) is 1.79. The number of anilines is 1. The van der Waals surface area contributed by atoms with Gasteiger partial charge in [0.1, 0.15) is 6.26 Å². The molecule has 0 spiro atoms. The Labute approximate surface area is 86.1 Å². The van der Waals surface area contributed by atoms with Gasteiger partial charge in [0.15, 0.2) is 23.9 Å². The molecule has 0 saturated heterocycles. The average Bonchev–Trinajstić information content (AvgIpc) is 2.63. The topological polar surface area (TPSA) is 81.5 Å². The molecule has 0 fully saturated rings. The lowest BCUT2D eigenvalue weighted by Crippen LogP contribution is -1.96. The van der Waals surface area contributed by atoms with Crippen molar-refractivity contribution in [2.24, 2.45) is 0 Å². The average molecular weight is 206 g/mol. The smallest absolute Gasteiger partial charge is 0.234 e. The number of benzene rings is 1. The summed E-state index contributed by atoms with van der Waals surface area (Å²) in [7, 11) is 0. The first-order valence-electron chi connectivity index (χ1n) is 4.36. The minimum Gasteiger partial charge on any atom is -0.504 e. The zero-order chi connectivity index (χ0) is 10.7. The number of para-hydroxylation sites is 2. The highest BCUT2D eigenvalue weighted by molar-refractivity contribution is 5.37. The van der Waals surface area contributed by atoms with Crippen LogP contribution in [0.1, 0.15) is 5.89 Å². The van der Waals surface area contributed by atoms with E-state index in [9.17, 15) is 5.11 Å². The number of nitrogens with zero attached hydrogens (tertiary/aromatic N) is 1. The first-order chi connectivity index (χ1) is 7.25. The van der Waals surface area contributed by atoms with Crippen LogP contribution in [0, 0.1) is 0 Å². The fourth-order valence-electron chi connectivity index (χ4n) is 1.11. The predicted octanol–water partition coefficient (Wildman–Crippen LogP) is 1.54. The number of oxazole rings is 1. The Balaban J connectivity index is 2.02. The van der Waals surface area contributed by atoms with Crippen LogP contribution in [-0.2, 0) is 6.61 Å². The van der Waals surface area contributed by atoms with Crippen molar-refractivity contribution in [2.75, 3.05) is 5.73 Å². The van der Waals surface area contributed by atoms with E-state index in [1.165, 1.54) is 6.26 Å². The summed E-state index contributed by atoms with van der Waals surface area (Å²) in [5, 5.41) is 9.39. The highest BCUT2D eigenvalue weighted by atomic mass is 16.5. The fourth-order valence-corrected chi connectivity index (χ4v) is 1.11. The number of hydrogen-bond acceptors (Lipinski definition) is 5. The largest absolute Gasteiger partial charge is 0.504 e. The Morgan fingerprint density at radius 1 is 1.40 bits per heavy atom. The van der Waals surface area contributed by atoms with Crippen molar-refractivity contribution in [1.82, 2.24) is 4.98 Å². The third kappa shape index (κ3) is 2.19. The molecule has 1 heterocycles. The van der Waals surface area contributed by atoms with Gasteiger partial charge in [-0.15, -0.1) is 0 Å². The van der Waals surface area contributed by atoms with Gasteiger partial charge in [0.2, 0.25) is 5.89 Å². The van der Waals surface area contributed by atoms with Gasteiger partial charge in [-0.1, -0.05) is 12.1 Å². The van der Waals surface area contributed by atoms with Crippen LogP contribution in [0.25, 0.3) is 0 Å². The summed E-state index contributed by atoms with van der Waals surface area (Å²) >= 11 is 0. The number of nitrogen functional groups attached to an aromatic ring is 1. The molecule has 2 aromatic rings. The van der Waals surface area contributed by atoms with Crippen LogP contribution in [-0.4, -0.2) is 10.1 Å². The SMILES string of the molecule is Nc1coc(COc2ccccc2O)n1. The summed E-state index contributed by atoms with van der Waals surface area (Å²) in [6.07, 6.45) is 1.34. The molecule has 78 valence electrons. The van der Waals surface area contributed by atoms with Crippen LogP contribution < -0.4 is 10.5 Å². The molecule has 0 atom stereocenters. The highest BCUT2D eigenvalue weighted by Gasteiger charge is 2.04. The third-order valence-corrected chi connectivity index (χ3v) is 1.79. The van der Waals surface area contributed by atoms with Crippen LogP contribution in [0.4, 0.5) is 5.82 Å². The molecular weight excluding hydrogens is 196 g/mol. The van der Waals surface area contributed by atoms with Crippen molar-refractivity contribution in [3.63, 3.8) is 0 Å². The molecule has 5 heteroatoms. The molecule has 0 bridgehead atoms. The molecule has 0 aliphatic rings. The summed E-state index contributed by atoms with van der Waals surface area (Å²) < 4.78 is 10.3. The molecule has 3 N–H and O–H groups in total. The standard InChI is InChI=1S/C10H10N2O3/c11-9-5-15-10(12-9)6-14-8-4-2-1-3-7(8)13/h1-5,13H,6,11H2. The van der Waals surface area contributed by atoms with Crippen molar-refractivity contribution in [3.8, 4) is 11.5 Å². The van der Waals surface area contributed by atoms with Crippen LogP contribution in [0.2, 0.25) is 0 Å². The summed E-state index contributed by atoms with van der Waals surface area (Å²) in [5.74, 6) is 1.15. The van der Waals surface area contributed by atoms with Gasteiger partial charge in [-0.3, -0.25) is 0 Å². The van der Waals surface area contributed by atoms with Gasteiger partial charge in [0.05, 0.1) is 0 Å². The monoisotopic (exact) mass is 206 g/mol. The van der Waals surface area contributed by atoms with E-state index in [4.69, 9.17) is 14.9 Å². The lowest BCUT2D eigenvalue weighted by Gasteiger charge is -2.04. The Hall–Kier alpha value is -2.17. The maximum atomic E-state index is 9.39. The first-order valence-corrected chi connectivity index (χ1v) is 4.36. The van der Waals surface area contributed by atoms with Gasteiger partial charge in [-0.05, 0) is 12.1 Å². The molecule has 0 saturated carbocycles. The van der Waals surface area contributed by atoms with Crippen LogP contribution in [0.5, 0.6) is 11.5 Å².